The van der Waals surface area contributed by atoms with Crippen molar-refractivity contribution in [1.29, 1.82) is 0 Å². The molecule has 0 N–H and O–H groups in total. The van der Waals surface area contributed by atoms with Gasteiger partial charge in [0.05, 0.1) is 0 Å². The molecule has 1 fully saturated rings. The van der Waals surface area contributed by atoms with Crippen LogP contribution in [0.4, 0.5) is 0 Å². The second-order valence-corrected chi connectivity index (χ2v) is 4.40. The van der Waals surface area contributed by atoms with Crippen molar-refractivity contribution in [3.8, 4) is 0 Å². The number of ether oxygens (including phenoxy) is 1. The monoisotopic (exact) mass is 196 g/mol. The highest BCUT2D eigenvalue weighted by atomic mass is 16.6. The summed E-state index contributed by atoms with van der Waals surface area (Å²) >= 11 is 0. The zero-order valence-corrected chi connectivity index (χ0v) is 9.59. The van der Waals surface area contributed by atoms with E-state index >= 15 is 0 Å². The number of cyclic esters (lactones) is 1. The van der Waals surface area contributed by atoms with E-state index in [-0.39, 0.29) is 17.5 Å². The lowest BCUT2D eigenvalue weighted by Crippen LogP contribution is -2.27. The van der Waals surface area contributed by atoms with Crippen molar-refractivity contribution >= 4 is 5.97 Å². The molecule has 2 heteroatoms. The molecule has 1 rings (SSSR count). The van der Waals surface area contributed by atoms with Gasteiger partial charge >= 0.3 is 5.97 Å². The number of rotatable bonds is 3. The summed E-state index contributed by atoms with van der Waals surface area (Å²) in [4.78, 5) is 11.6. The highest BCUT2D eigenvalue weighted by Crippen LogP contribution is 2.38. The zero-order chi connectivity index (χ0) is 10.8. The van der Waals surface area contributed by atoms with Gasteiger partial charge in [-0.1, -0.05) is 26.3 Å². The first kappa shape index (κ1) is 11.3. The number of unbranched alkanes of at least 4 members (excludes halogenated alkanes) is 1. The summed E-state index contributed by atoms with van der Waals surface area (Å²) in [6.45, 7) is 8.20. The fraction of sp³-hybridized carbons (Fsp3) is 0.750. The van der Waals surface area contributed by atoms with Gasteiger partial charge in [0, 0.05) is 11.5 Å². The van der Waals surface area contributed by atoms with Crippen LogP contribution in [-0.4, -0.2) is 11.6 Å². The minimum absolute atomic E-state index is 0.115. The van der Waals surface area contributed by atoms with E-state index in [1.54, 1.807) is 0 Å². The van der Waals surface area contributed by atoms with Gasteiger partial charge in [0.25, 0.3) is 0 Å². The van der Waals surface area contributed by atoms with E-state index in [0.29, 0.717) is 0 Å². The Bertz CT molecular complexity index is 251. The molecule has 1 heterocycles. The van der Waals surface area contributed by atoms with Crippen LogP contribution < -0.4 is 0 Å². The molecule has 2 nitrogen and oxygen atoms in total. The van der Waals surface area contributed by atoms with Crippen LogP contribution in [0.2, 0.25) is 0 Å². The Kier molecular flexibility index (Phi) is 3.35. The average Bonchev–Trinajstić information content (AvgIpc) is 2.31. The van der Waals surface area contributed by atoms with E-state index < -0.39 is 0 Å². The lowest BCUT2D eigenvalue weighted by molar-refractivity contribution is -0.144. The van der Waals surface area contributed by atoms with Crippen molar-refractivity contribution in [2.24, 2.45) is 5.92 Å². The predicted octanol–water partition coefficient (Wildman–Crippen LogP) is 3.07. The summed E-state index contributed by atoms with van der Waals surface area (Å²) in [6.07, 6.45) is 5.06. The number of hydrogen-bond donors (Lipinski definition) is 0. The van der Waals surface area contributed by atoms with E-state index in [1.165, 1.54) is 0 Å². The second-order valence-electron chi connectivity index (χ2n) is 4.40. The number of carbonyl (C=O) groups is 1. The smallest absolute Gasteiger partial charge is 0.334 e. The summed E-state index contributed by atoms with van der Waals surface area (Å²) in [5.74, 6) is 0.150. The molecule has 14 heavy (non-hydrogen) atoms. The Morgan fingerprint density at radius 3 is 2.57 bits per heavy atom. The maximum atomic E-state index is 11.6. The minimum atomic E-state index is -0.314. The molecule has 80 valence electrons. The van der Waals surface area contributed by atoms with Gasteiger partial charge < -0.3 is 4.74 Å². The van der Waals surface area contributed by atoms with Gasteiger partial charge in [-0.15, -0.1) is 0 Å². The van der Waals surface area contributed by atoms with Gasteiger partial charge in [0.15, 0.2) is 0 Å². The van der Waals surface area contributed by atoms with Gasteiger partial charge in [-0.25, -0.2) is 4.79 Å². The summed E-state index contributed by atoms with van der Waals surface area (Å²) in [5, 5.41) is 0. The quantitative estimate of drug-likeness (QED) is 0.512. The first-order chi connectivity index (χ1) is 6.53. The first-order valence-corrected chi connectivity index (χ1v) is 5.46. The lowest BCUT2D eigenvalue weighted by atomic mass is 9.85. The molecule has 0 amide bonds. The molecule has 0 bridgehead atoms. The molecule has 1 atom stereocenters. The lowest BCUT2D eigenvalue weighted by Gasteiger charge is -2.23. The third-order valence-corrected chi connectivity index (χ3v) is 2.87. The van der Waals surface area contributed by atoms with Gasteiger partial charge in [0.1, 0.15) is 5.60 Å². The first-order valence-electron chi connectivity index (χ1n) is 5.46. The molecule has 0 saturated carbocycles. The maximum absolute atomic E-state index is 11.6. The van der Waals surface area contributed by atoms with Crippen molar-refractivity contribution in [2.75, 3.05) is 0 Å². The van der Waals surface area contributed by atoms with Gasteiger partial charge in [-0.2, -0.15) is 0 Å². The van der Waals surface area contributed by atoms with Crippen LogP contribution in [0.15, 0.2) is 11.6 Å². The summed E-state index contributed by atoms with van der Waals surface area (Å²) in [6, 6.07) is 0. The highest BCUT2D eigenvalue weighted by Gasteiger charge is 2.44. The van der Waals surface area contributed by atoms with Crippen molar-refractivity contribution in [1.82, 2.24) is 0 Å². The fourth-order valence-electron chi connectivity index (χ4n) is 2.12. The number of carbonyl (C=O) groups excluding carboxylic acids is 1. The van der Waals surface area contributed by atoms with Gasteiger partial charge in [0.2, 0.25) is 0 Å². The summed E-state index contributed by atoms with van der Waals surface area (Å²) in [7, 11) is 0. The van der Waals surface area contributed by atoms with Crippen LogP contribution in [0.5, 0.6) is 0 Å². The molecular formula is C12H20O2. The SMILES string of the molecule is CCC/C=C1\C(=O)OC(C)(C)C1CC. The maximum Gasteiger partial charge on any atom is 0.334 e. The number of esters is 1. The van der Waals surface area contributed by atoms with E-state index in [9.17, 15) is 4.79 Å². The van der Waals surface area contributed by atoms with Crippen LogP contribution in [0, 0.1) is 5.92 Å². The molecule has 0 spiro atoms. The number of hydrogen-bond acceptors (Lipinski definition) is 2. The highest BCUT2D eigenvalue weighted by molar-refractivity contribution is 5.92. The van der Waals surface area contributed by atoms with Crippen LogP contribution in [0.1, 0.15) is 47.0 Å². The third-order valence-electron chi connectivity index (χ3n) is 2.87. The molecule has 1 aliphatic heterocycles. The van der Waals surface area contributed by atoms with Crippen molar-refractivity contribution in [3.05, 3.63) is 11.6 Å². The molecular weight excluding hydrogens is 176 g/mol. The molecule has 1 unspecified atom stereocenters. The zero-order valence-electron chi connectivity index (χ0n) is 9.59. The molecule has 0 radical (unpaired) electrons. The van der Waals surface area contributed by atoms with Crippen molar-refractivity contribution in [3.63, 3.8) is 0 Å². The Morgan fingerprint density at radius 2 is 2.07 bits per heavy atom. The Morgan fingerprint density at radius 1 is 1.43 bits per heavy atom. The van der Waals surface area contributed by atoms with E-state index in [1.807, 2.05) is 19.9 Å². The van der Waals surface area contributed by atoms with Crippen LogP contribution in [-0.2, 0) is 9.53 Å². The Labute approximate surface area is 86.3 Å². The summed E-state index contributed by atoms with van der Waals surface area (Å²) in [5.41, 5.74) is 0.574. The predicted molar refractivity (Wildman–Crippen MR) is 56.9 cm³/mol. The fourth-order valence-corrected chi connectivity index (χ4v) is 2.12. The van der Waals surface area contributed by atoms with E-state index in [0.717, 1.165) is 24.8 Å². The van der Waals surface area contributed by atoms with Gasteiger partial charge in [-0.05, 0) is 26.7 Å². The Hall–Kier alpha value is -0.790. The molecule has 1 saturated heterocycles. The molecule has 1 aliphatic rings. The van der Waals surface area contributed by atoms with Crippen molar-refractivity contribution < 1.29 is 9.53 Å². The molecule has 0 aromatic carbocycles. The van der Waals surface area contributed by atoms with E-state index in [2.05, 4.69) is 13.8 Å². The molecule has 0 aliphatic carbocycles. The van der Waals surface area contributed by atoms with Crippen LogP contribution in [0.25, 0.3) is 0 Å². The molecule has 0 aromatic heterocycles. The average molecular weight is 196 g/mol. The van der Waals surface area contributed by atoms with Gasteiger partial charge in [-0.3, -0.25) is 0 Å². The summed E-state index contributed by atoms with van der Waals surface area (Å²) < 4.78 is 5.35. The largest absolute Gasteiger partial charge is 0.456 e. The third kappa shape index (κ3) is 1.99. The van der Waals surface area contributed by atoms with Crippen molar-refractivity contribution in [2.45, 2.75) is 52.6 Å². The van der Waals surface area contributed by atoms with E-state index in [4.69, 9.17) is 4.74 Å². The second kappa shape index (κ2) is 4.16. The standard InChI is InChI=1S/C12H20O2/c1-5-7-8-9-10(6-2)12(3,4)14-11(9)13/h8,10H,5-7H2,1-4H3/b9-8-. The normalized spacial score (nSPS) is 28.1. The molecule has 0 aromatic rings. The Balaban J connectivity index is 2.88. The minimum Gasteiger partial charge on any atom is -0.456 e. The van der Waals surface area contributed by atoms with Crippen LogP contribution >= 0.6 is 0 Å². The van der Waals surface area contributed by atoms with Crippen LogP contribution in [0.3, 0.4) is 0 Å². The number of allylic oxidation sites excluding steroid dienone is 1. The topological polar surface area (TPSA) is 26.3 Å².